The monoisotopic (exact) mass is 224 g/mol. The Morgan fingerprint density at radius 3 is 2.33 bits per heavy atom. The molecule has 0 spiro atoms. The lowest BCUT2D eigenvalue weighted by Crippen LogP contribution is -2.14. The molecule has 3 nitrogen and oxygen atoms in total. The average Bonchev–Trinajstić information content (AvgIpc) is 1.78. The number of alkyl halides is 3. The first kappa shape index (κ1) is 12.0. The molecule has 0 aromatic carbocycles. The fraction of sp³-hybridized carbons (Fsp3) is 0.500. The van der Waals surface area contributed by atoms with Gasteiger partial charge >= 0.3 is 13.1 Å². The summed E-state index contributed by atoms with van der Waals surface area (Å²) in [5.74, 6) is 0. The van der Waals surface area contributed by atoms with Crippen molar-refractivity contribution in [2.45, 2.75) is 6.18 Å². The molecule has 0 fully saturated rings. The minimum Gasteiger partial charge on any atom is -0.313 e. The van der Waals surface area contributed by atoms with Crippen molar-refractivity contribution in [1.82, 2.24) is 0 Å². The second-order valence-electron chi connectivity index (χ2n) is 1.83. The molecule has 0 aliphatic heterocycles. The van der Waals surface area contributed by atoms with Crippen LogP contribution < -0.4 is 0 Å². The zero-order valence-electron chi connectivity index (χ0n) is 5.64. The molecule has 0 saturated carbocycles. The summed E-state index contributed by atoms with van der Waals surface area (Å²) in [7, 11) is 0. The topological polar surface area (TPSA) is 46.5 Å². The Labute approximate surface area is 71.1 Å². The first-order valence-corrected chi connectivity index (χ1v) is 5.03. The Morgan fingerprint density at radius 1 is 1.67 bits per heavy atom. The number of hydrogen-bond acceptors (Lipinski definition) is 2. The van der Waals surface area contributed by atoms with Crippen LogP contribution in [-0.4, -0.2) is 17.7 Å². The van der Waals surface area contributed by atoms with E-state index < -0.39 is 25.3 Å². The summed E-state index contributed by atoms with van der Waals surface area (Å²) in [6.07, 6.45) is -4.63. The van der Waals surface area contributed by atoms with Gasteiger partial charge in [0.2, 0.25) is 0 Å². The maximum absolute atomic E-state index is 11.6. The summed E-state index contributed by atoms with van der Waals surface area (Å²) in [5, 5.41) is 0. The van der Waals surface area contributed by atoms with E-state index in [0.29, 0.717) is 0 Å². The Kier molecular flexibility index (Phi) is 3.78. The van der Waals surface area contributed by atoms with Gasteiger partial charge in [0.1, 0.15) is 0 Å². The van der Waals surface area contributed by atoms with Crippen molar-refractivity contribution < 1.29 is 27.2 Å². The quantitative estimate of drug-likeness (QED) is 0.592. The molecule has 0 aromatic heterocycles. The molecule has 1 atom stereocenters. The van der Waals surface area contributed by atoms with Crippen molar-refractivity contribution in [1.29, 1.82) is 0 Å². The van der Waals surface area contributed by atoms with Crippen LogP contribution in [0, 0.1) is 0 Å². The summed E-state index contributed by atoms with van der Waals surface area (Å²) in [6.45, 7) is -2.90. The molecule has 0 aromatic rings. The van der Waals surface area contributed by atoms with Crippen LogP contribution in [0.4, 0.5) is 13.2 Å². The smallest absolute Gasteiger partial charge is 0.313 e. The van der Waals surface area contributed by atoms with E-state index in [9.17, 15) is 17.7 Å². The second-order valence-corrected chi connectivity index (χ2v) is 4.27. The lowest BCUT2D eigenvalue weighted by Gasteiger charge is -2.10. The van der Waals surface area contributed by atoms with E-state index in [4.69, 9.17) is 4.89 Å². The Morgan fingerprint density at radius 2 is 2.08 bits per heavy atom. The molecule has 72 valence electrons. The third-order valence-electron chi connectivity index (χ3n) is 0.799. The van der Waals surface area contributed by atoms with Gasteiger partial charge in [0, 0.05) is 11.2 Å². The summed E-state index contributed by atoms with van der Waals surface area (Å²) in [6, 6.07) is 0. The highest BCUT2D eigenvalue weighted by Crippen LogP contribution is 2.48. The minimum atomic E-state index is -4.63. The van der Waals surface area contributed by atoms with Gasteiger partial charge in [0.15, 0.2) is 0 Å². The molecule has 0 saturated heterocycles. The summed E-state index contributed by atoms with van der Waals surface area (Å²) >= 11 is 4.61. The Hall–Kier alpha value is -0.0300. The van der Waals surface area contributed by atoms with Crippen molar-refractivity contribution in [3.05, 3.63) is 12.2 Å². The van der Waals surface area contributed by atoms with Crippen LogP contribution in [-0.2, 0) is 9.09 Å². The van der Waals surface area contributed by atoms with Gasteiger partial charge < -0.3 is 4.89 Å². The molecule has 0 aliphatic carbocycles. The molecule has 0 heterocycles. The average molecular weight is 225 g/mol. The van der Waals surface area contributed by atoms with Gasteiger partial charge in [-0.05, 0) is 0 Å². The van der Waals surface area contributed by atoms with Crippen LogP contribution in [0.1, 0.15) is 0 Å². The van der Waals surface area contributed by atoms with Crippen molar-refractivity contribution in [3.8, 4) is 0 Å². The van der Waals surface area contributed by atoms with Crippen molar-refractivity contribution in [2.75, 3.05) is 6.61 Å². The zero-order valence-corrected chi connectivity index (χ0v) is 7.29. The third-order valence-corrected chi connectivity index (χ3v) is 1.54. The van der Waals surface area contributed by atoms with Crippen molar-refractivity contribution >= 4 is 18.2 Å². The molecular weight excluding hydrogens is 219 g/mol. The first-order valence-electron chi connectivity index (χ1n) is 2.55. The predicted octanol–water partition coefficient (Wildman–Crippen LogP) is 2.46. The molecule has 0 rings (SSSR count). The largest absolute Gasteiger partial charge is 0.421 e. The van der Waals surface area contributed by atoms with Gasteiger partial charge in [-0.3, -0.25) is 4.52 Å². The molecule has 8 heteroatoms. The highest BCUT2D eigenvalue weighted by Gasteiger charge is 2.33. The second kappa shape index (κ2) is 3.79. The number of hydrogen-bond donors (Lipinski definition) is 1. The molecule has 0 radical (unpaired) electrons. The van der Waals surface area contributed by atoms with E-state index in [-0.39, 0.29) is 0 Å². The van der Waals surface area contributed by atoms with E-state index in [1.807, 2.05) is 0 Å². The van der Waals surface area contributed by atoms with Crippen molar-refractivity contribution in [3.63, 3.8) is 0 Å². The van der Waals surface area contributed by atoms with Crippen LogP contribution in [0.2, 0.25) is 0 Å². The molecule has 0 amide bonds. The molecule has 12 heavy (non-hydrogen) atoms. The van der Waals surface area contributed by atoms with E-state index >= 15 is 0 Å². The normalized spacial score (nSPS) is 17.1. The molecular formula is C4H5ClF3O3P. The minimum absolute atomic E-state index is 1.11. The summed E-state index contributed by atoms with van der Waals surface area (Å²) < 4.78 is 48.8. The standard InChI is InChI=1S/C4H5ClF3O3P/c1-3(4(6,7)8)2-11-12(5,9)10/h1-2H2,(H,9,10). The van der Waals surface area contributed by atoms with E-state index in [1.165, 1.54) is 0 Å². The molecule has 0 aliphatic rings. The SMILES string of the molecule is C=C(COP(=O)(O)Cl)C(F)(F)F. The predicted molar refractivity (Wildman–Crippen MR) is 36.8 cm³/mol. The highest BCUT2D eigenvalue weighted by molar-refractivity contribution is 7.80. The van der Waals surface area contributed by atoms with Gasteiger partial charge in [-0.25, -0.2) is 4.57 Å². The van der Waals surface area contributed by atoms with Gasteiger partial charge in [-0.1, -0.05) is 6.58 Å². The van der Waals surface area contributed by atoms with Gasteiger partial charge in [-0.2, -0.15) is 13.2 Å². The fourth-order valence-corrected chi connectivity index (χ4v) is 0.701. The summed E-state index contributed by atoms with van der Waals surface area (Å²) in [5.41, 5.74) is -1.27. The van der Waals surface area contributed by atoms with E-state index in [2.05, 4.69) is 22.3 Å². The molecule has 1 N–H and O–H groups in total. The van der Waals surface area contributed by atoms with Crippen LogP contribution in [0.15, 0.2) is 12.2 Å². The van der Waals surface area contributed by atoms with Crippen LogP contribution in [0.25, 0.3) is 0 Å². The lowest BCUT2D eigenvalue weighted by molar-refractivity contribution is -0.0962. The third kappa shape index (κ3) is 5.60. The first-order chi connectivity index (χ1) is 5.13. The van der Waals surface area contributed by atoms with Gasteiger partial charge in [-0.15, -0.1) is 0 Å². The van der Waals surface area contributed by atoms with Crippen LogP contribution in [0.5, 0.6) is 0 Å². The van der Waals surface area contributed by atoms with Gasteiger partial charge in [0.25, 0.3) is 0 Å². The van der Waals surface area contributed by atoms with Crippen LogP contribution >= 0.6 is 18.2 Å². The van der Waals surface area contributed by atoms with E-state index in [1.54, 1.807) is 0 Å². The molecule has 0 bridgehead atoms. The zero-order chi connectivity index (χ0) is 9.99. The highest BCUT2D eigenvalue weighted by atomic mass is 35.7. The Balaban J connectivity index is 3.98. The number of halogens is 4. The summed E-state index contributed by atoms with van der Waals surface area (Å²) in [4.78, 5) is 8.22. The maximum Gasteiger partial charge on any atom is 0.421 e. The molecule has 1 unspecified atom stereocenters. The lowest BCUT2D eigenvalue weighted by atomic mass is 10.3. The van der Waals surface area contributed by atoms with Crippen molar-refractivity contribution in [2.24, 2.45) is 0 Å². The van der Waals surface area contributed by atoms with Crippen LogP contribution in [0.3, 0.4) is 0 Å². The Bertz CT molecular complexity index is 220. The maximum atomic E-state index is 11.6. The van der Waals surface area contributed by atoms with Gasteiger partial charge in [0.05, 0.1) is 12.2 Å². The van der Waals surface area contributed by atoms with E-state index in [0.717, 1.165) is 0 Å². The number of rotatable bonds is 3. The fourth-order valence-electron chi connectivity index (χ4n) is 0.239.